The van der Waals surface area contributed by atoms with Gasteiger partial charge in [0.2, 0.25) is 0 Å². The molecule has 6 heteroatoms. The maximum atomic E-state index is 5.95. The van der Waals surface area contributed by atoms with Crippen molar-refractivity contribution in [3.8, 4) is 11.5 Å². The largest absolute Gasteiger partial charge is 0.490 e. The van der Waals surface area contributed by atoms with Crippen LogP contribution in [0.25, 0.3) is 0 Å². The summed E-state index contributed by atoms with van der Waals surface area (Å²) < 4.78 is 17.1. The van der Waals surface area contributed by atoms with Crippen molar-refractivity contribution in [1.82, 2.24) is 4.90 Å². The molecule has 0 radical (unpaired) electrons. The normalized spacial score (nSPS) is 15.0. The van der Waals surface area contributed by atoms with Crippen LogP contribution in [-0.4, -0.2) is 57.2 Å². The average molecular weight is 369 g/mol. The summed E-state index contributed by atoms with van der Waals surface area (Å²) in [5.41, 5.74) is 4.90. The number of anilines is 1. The van der Waals surface area contributed by atoms with Gasteiger partial charge in [0.15, 0.2) is 11.5 Å². The molecule has 3 rings (SSSR count). The molecule has 6 nitrogen and oxygen atoms in total. The lowest BCUT2D eigenvalue weighted by Gasteiger charge is -2.26. The van der Waals surface area contributed by atoms with Crippen LogP contribution < -0.4 is 14.9 Å². The van der Waals surface area contributed by atoms with E-state index in [2.05, 4.69) is 15.4 Å². The molecule has 0 spiro atoms. The Kier molecular flexibility index (Phi) is 7.50. The van der Waals surface area contributed by atoms with E-state index in [9.17, 15) is 0 Å². The highest BCUT2D eigenvalue weighted by Gasteiger charge is 2.11. The van der Waals surface area contributed by atoms with Crippen LogP contribution in [0.3, 0.4) is 0 Å². The molecule has 0 aliphatic carbocycles. The Labute approximate surface area is 160 Å². The van der Waals surface area contributed by atoms with Crippen LogP contribution in [0.1, 0.15) is 12.5 Å². The summed E-state index contributed by atoms with van der Waals surface area (Å²) in [6, 6.07) is 15.7. The number of hydrogen-bond acceptors (Lipinski definition) is 6. The summed E-state index contributed by atoms with van der Waals surface area (Å²) in [4.78, 5) is 2.35. The number of hydrazone groups is 1. The zero-order chi connectivity index (χ0) is 18.7. The van der Waals surface area contributed by atoms with Crippen LogP contribution in [-0.2, 0) is 4.74 Å². The number of para-hydroxylation sites is 1. The molecule has 2 aromatic carbocycles. The van der Waals surface area contributed by atoms with Gasteiger partial charge in [-0.1, -0.05) is 18.2 Å². The van der Waals surface area contributed by atoms with E-state index in [4.69, 9.17) is 14.2 Å². The number of morpholine rings is 1. The number of rotatable bonds is 9. The van der Waals surface area contributed by atoms with Crippen molar-refractivity contribution in [3.63, 3.8) is 0 Å². The van der Waals surface area contributed by atoms with Gasteiger partial charge in [-0.15, -0.1) is 0 Å². The monoisotopic (exact) mass is 369 g/mol. The van der Waals surface area contributed by atoms with Crippen molar-refractivity contribution in [2.45, 2.75) is 6.92 Å². The van der Waals surface area contributed by atoms with E-state index >= 15 is 0 Å². The molecule has 0 unspecified atom stereocenters. The van der Waals surface area contributed by atoms with Crippen molar-refractivity contribution in [1.29, 1.82) is 0 Å². The van der Waals surface area contributed by atoms with Crippen molar-refractivity contribution < 1.29 is 14.2 Å². The Bertz CT molecular complexity index is 716. The minimum atomic E-state index is 0.586. The smallest absolute Gasteiger partial charge is 0.161 e. The predicted octanol–water partition coefficient (Wildman–Crippen LogP) is 3.24. The maximum Gasteiger partial charge on any atom is 0.161 e. The van der Waals surface area contributed by atoms with E-state index in [1.54, 1.807) is 6.21 Å². The van der Waals surface area contributed by atoms with E-state index < -0.39 is 0 Å². The topological polar surface area (TPSA) is 55.3 Å². The number of nitrogens with one attached hydrogen (secondary N) is 1. The van der Waals surface area contributed by atoms with Crippen molar-refractivity contribution in [3.05, 3.63) is 54.1 Å². The highest BCUT2D eigenvalue weighted by molar-refractivity contribution is 5.81. The molecule has 1 aliphatic rings. The first-order valence-corrected chi connectivity index (χ1v) is 9.39. The maximum absolute atomic E-state index is 5.95. The second-order valence-corrected chi connectivity index (χ2v) is 6.18. The van der Waals surface area contributed by atoms with Gasteiger partial charge in [-0.3, -0.25) is 10.3 Å². The first-order chi connectivity index (χ1) is 13.3. The number of nitrogens with zero attached hydrogens (tertiary/aromatic N) is 2. The zero-order valence-corrected chi connectivity index (χ0v) is 15.8. The average Bonchev–Trinajstić information content (AvgIpc) is 2.71. The quantitative estimate of drug-likeness (QED) is 0.543. The standard InChI is InChI=1S/C21H27N3O3/c1-2-26-21-16-18(17-22-23-19-6-4-3-5-7-19)8-9-20(21)27-15-12-24-10-13-25-14-11-24/h3-9,16-17,23H,2,10-15H2,1H3. The summed E-state index contributed by atoms with van der Waals surface area (Å²) >= 11 is 0. The molecule has 0 amide bonds. The molecule has 27 heavy (non-hydrogen) atoms. The minimum absolute atomic E-state index is 0.586. The Morgan fingerprint density at radius 2 is 1.89 bits per heavy atom. The third-order valence-corrected chi connectivity index (χ3v) is 4.22. The summed E-state index contributed by atoms with van der Waals surface area (Å²) in [5.74, 6) is 1.50. The van der Waals surface area contributed by atoms with E-state index in [0.717, 1.165) is 55.6 Å². The minimum Gasteiger partial charge on any atom is -0.490 e. The van der Waals surface area contributed by atoms with Crippen LogP contribution in [0.5, 0.6) is 11.5 Å². The van der Waals surface area contributed by atoms with Gasteiger partial charge in [-0.05, 0) is 42.8 Å². The fourth-order valence-electron chi connectivity index (χ4n) is 2.80. The molecule has 1 fully saturated rings. The van der Waals surface area contributed by atoms with Crippen molar-refractivity contribution >= 4 is 11.9 Å². The SMILES string of the molecule is CCOc1cc(C=NNc2ccccc2)ccc1OCCN1CCOCC1. The highest BCUT2D eigenvalue weighted by Crippen LogP contribution is 2.28. The summed E-state index contributed by atoms with van der Waals surface area (Å²) in [6.45, 7) is 7.60. The second-order valence-electron chi connectivity index (χ2n) is 6.18. The van der Waals surface area contributed by atoms with Gasteiger partial charge in [-0.2, -0.15) is 5.10 Å². The van der Waals surface area contributed by atoms with E-state index in [1.807, 2.05) is 55.5 Å². The Balaban J connectivity index is 1.56. The highest BCUT2D eigenvalue weighted by atomic mass is 16.5. The van der Waals surface area contributed by atoms with Gasteiger partial charge >= 0.3 is 0 Å². The lowest BCUT2D eigenvalue weighted by molar-refractivity contribution is 0.0321. The molecule has 1 N–H and O–H groups in total. The molecule has 0 saturated carbocycles. The van der Waals surface area contributed by atoms with Gasteiger partial charge in [-0.25, -0.2) is 0 Å². The van der Waals surface area contributed by atoms with E-state index in [1.165, 1.54) is 0 Å². The van der Waals surface area contributed by atoms with Crippen molar-refractivity contribution in [2.75, 3.05) is 51.5 Å². The molecular weight excluding hydrogens is 342 g/mol. The molecule has 1 aliphatic heterocycles. The third kappa shape index (κ3) is 6.27. The van der Waals surface area contributed by atoms with Gasteiger partial charge in [0.05, 0.1) is 31.7 Å². The molecule has 1 saturated heterocycles. The molecule has 0 bridgehead atoms. The number of ether oxygens (including phenoxy) is 3. The van der Waals surface area contributed by atoms with Crippen LogP contribution in [0.2, 0.25) is 0 Å². The van der Waals surface area contributed by atoms with Crippen LogP contribution in [0.15, 0.2) is 53.6 Å². The third-order valence-electron chi connectivity index (χ3n) is 4.22. The molecule has 2 aromatic rings. The van der Waals surface area contributed by atoms with Crippen molar-refractivity contribution in [2.24, 2.45) is 5.10 Å². The fraction of sp³-hybridized carbons (Fsp3) is 0.381. The van der Waals surface area contributed by atoms with Gasteiger partial charge in [0.25, 0.3) is 0 Å². The molecular formula is C21H27N3O3. The summed E-state index contributed by atoms with van der Waals surface area (Å²) in [7, 11) is 0. The predicted molar refractivity (Wildman–Crippen MR) is 108 cm³/mol. The summed E-state index contributed by atoms with van der Waals surface area (Å²) in [5, 5.41) is 4.28. The Morgan fingerprint density at radius 1 is 1.07 bits per heavy atom. The first-order valence-electron chi connectivity index (χ1n) is 9.39. The summed E-state index contributed by atoms with van der Waals surface area (Å²) in [6.07, 6.45) is 1.77. The molecule has 1 heterocycles. The van der Waals surface area contributed by atoms with Gasteiger partial charge < -0.3 is 14.2 Å². The van der Waals surface area contributed by atoms with E-state index in [0.29, 0.717) is 13.2 Å². The molecule has 144 valence electrons. The fourth-order valence-corrected chi connectivity index (χ4v) is 2.80. The second kappa shape index (κ2) is 10.5. The Hall–Kier alpha value is -2.57. The molecule has 0 atom stereocenters. The van der Waals surface area contributed by atoms with Crippen LogP contribution >= 0.6 is 0 Å². The zero-order valence-electron chi connectivity index (χ0n) is 15.8. The number of hydrogen-bond donors (Lipinski definition) is 1. The lowest BCUT2D eigenvalue weighted by Crippen LogP contribution is -2.38. The molecule has 0 aromatic heterocycles. The van der Waals surface area contributed by atoms with Crippen LogP contribution in [0, 0.1) is 0 Å². The lowest BCUT2D eigenvalue weighted by atomic mass is 10.2. The number of benzene rings is 2. The Morgan fingerprint density at radius 3 is 2.67 bits per heavy atom. The van der Waals surface area contributed by atoms with Crippen LogP contribution in [0.4, 0.5) is 5.69 Å². The van der Waals surface area contributed by atoms with E-state index in [-0.39, 0.29) is 0 Å². The van der Waals surface area contributed by atoms with Gasteiger partial charge in [0, 0.05) is 19.6 Å². The van der Waals surface area contributed by atoms with Gasteiger partial charge in [0.1, 0.15) is 6.61 Å². The first kappa shape index (κ1) is 19.2.